The Balaban J connectivity index is 1.45. The van der Waals surface area contributed by atoms with Crippen LogP contribution in [0.3, 0.4) is 0 Å². The van der Waals surface area contributed by atoms with Crippen LogP contribution in [-0.4, -0.2) is 37.2 Å². The molecule has 0 aromatic heterocycles. The van der Waals surface area contributed by atoms with Gasteiger partial charge >= 0.3 is 0 Å². The molecule has 1 aromatic carbocycles. The Morgan fingerprint density at radius 2 is 2.35 bits per heavy atom. The van der Waals surface area contributed by atoms with Crippen LogP contribution in [0.2, 0.25) is 0 Å². The van der Waals surface area contributed by atoms with E-state index >= 15 is 0 Å². The summed E-state index contributed by atoms with van der Waals surface area (Å²) >= 11 is 0. The molecule has 0 radical (unpaired) electrons. The van der Waals surface area contributed by atoms with Crippen LogP contribution in [0.1, 0.15) is 38.2 Å². The van der Waals surface area contributed by atoms with Gasteiger partial charge in [-0.3, -0.25) is 4.79 Å². The summed E-state index contributed by atoms with van der Waals surface area (Å²) in [5, 5.41) is 10.1. The van der Waals surface area contributed by atoms with E-state index in [0.717, 1.165) is 24.3 Å². The van der Waals surface area contributed by atoms with Crippen LogP contribution in [0, 0.1) is 0 Å². The van der Waals surface area contributed by atoms with Crippen molar-refractivity contribution in [3.63, 3.8) is 0 Å². The van der Waals surface area contributed by atoms with Crippen molar-refractivity contribution >= 4 is 5.91 Å². The first kappa shape index (κ1) is 16.3. The van der Waals surface area contributed by atoms with Gasteiger partial charge in [0.15, 0.2) is 0 Å². The molecule has 3 rings (SSSR count). The number of carbonyl (C=O) groups is 1. The van der Waals surface area contributed by atoms with Crippen molar-refractivity contribution in [3.8, 4) is 5.75 Å². The fourth-order valence-corrected chi connectivity index (χ4v) is 3.87. The van der Waals surface area contributed by atoms with Gasteiger partial charge in [-0.05, 0) is 56.8 Å². The van der Waals surface area contributed by atoms with Crippen LogP contribution >= 0.6 is 0 Å². The lowest BCUT2D eigenvalue weighted by Crippen LogP contribution is -2.53. The lowest BCUT2D eigenvalue weighted by atomic mass is 9.93. The number of hydrogen-bond acceptors (Lipinski definition) is 4. The molecule has 2 unspecified atom stereocenters. The third-order valence-corrected chi connectivity index (χ3v) is 5.04. The largest absolute Gasteiger partial charge is 0.494 e. The number of carbonyl (C=O) groups excluding carboxylic acids is 1. The van der Waals surface area contributed by atoms with E-state index in [1.807, 2.05) is 31.2 Å². The summed E-state index contributed by atoms with van der Waals surface area (Å²) < 4.78 is 5.48. The maximum absolute atomic E-state index is 12.1. The van der Waals surface area contributed by atoms with Gasteiger partial charge in [0, 0.05) is 18.1 Å². The maximum atomic E-state index is 12.1. The Morgan fingerprint density at radius 3 is 3.22 bits per heavy atom. The van der Waals surface area contributed by atoms with E-state index in [0.29, 0.717) is 25.7 Å². The van der Waals surface area contributed by atoms with Crippen LogP contribution in [0.15, 0.2) is 24.3 Å². The topological polar surface area (TPSA) is 62.4 Å². The van der Waals surface area contributed by atoms with Crippen molar-refractivity contribution in [3.05, 3.63) is 29.8 Å². The first-order valence-corrected chi connectivity index (χ1v) is 8.69. The summed E-state index contributed by atoms with van der Waals surface area (Å²) in [6.07, 6.45) is 4.77. The van der Waals surface area contributed by atoms with Gasteiger partial charge in [0.2, 0.25) is 5.91 Å². The predicted octanol–water partition coefficient (Wildman–Crippen LogP) is 1.58. The van der Waals surface area contributed by atoms with Gasteiger partial charge in [-0.15, -0.1) is 0 Å². The lowest BCUT2D eigenvalue weighted by Gasteiger charge is -2.30. The Bertz CT molecular complexity index is 537. The van der Waals surface area contributed by atoms with Crippen molar-refractivity contribution in [2.75, 3.05) is 19.7 Å². The average Bonchev–Trinajstić information content (AvgIpc) is 3.12. The van der Waals surface area contributed by atoms with Gasteiger partial charge in [0.25, 0.3) is 0 Å². The van der Waals surface area contributed by atoms with Crippen molar-refractivity contribution in [1.29, 1.82) is 0 Å². The predicted molar refractivity (Wildman–Crippen MR) is 90.5 cm³/mol. The first-order chi connectivity index (χ1) is 11.2. The molecule has 3 N–H and O–H groups in total. The highest BCUT2D eigenvalue weighted by Crippen LogP contribution is 2.36. The van der Waals surface area contributed by atoms with E-state index in [9.17, 15) is 4.79 Å². The third-order valence-electron chi connectivity index (χ3n) is 5.04. The summed E-state index contributed by atoms with van der Waals surface area (Å²) in [5.74, 6) is 0.904. The quantitative estimate of drug-likeness (QED) is 0.714. The minimum absolute atomic E-state index is 0.0544. The van der Waals surface area contributed by atoms with Crippen LogP contribution in [0.5, 0.6) is 5.75 Å². The number of benzene rings is 1. The molecule has 1 amide bonds. The summed E-state index contributed by atoms with van der Waals surface area (Å²) in [7, 11) is 0. The summed E-state index contributed by atoms with van der Waals surface area (Å²) in [5.41, 5.74) is 1.20. The normalized spacial score (nSPS) is 26.0. The number of ether oxygens (including phenoxy) is 1. The van der Waals surface area contributed by atoms with E-state index in [1.54, 1.807) is 0 Å². The van der Waals surface area contributed by atoms with Crippen LogP contribution in [-0.2, 0) is 11.3 Å². The monoisotopic (exact) mass is 317 g/mol. The molecular formula is C18H27N3O2. The van der Waals surface area contributed by atoms with Gasteiger partial charge in [-0.1, -0.05) is 12.1 Å². The van der Waals surface area contributed by atoms with Crippen LogP contribution in [0.25, 0.3) is 0 Å². The van der Waals surface area contributed by atoms with Gasteiger partial charge in [-0.2, -0.15) is 0 Å². The number of fused-ring (bicyclic) bond motifs is 1. The Labute approximate surface area is 138 Å². The molecule has 23 heavy (non-hydrogen) atoms. The maximum Gasteiger partial charge on any atom is 0.234 e. The van der Waals surface area contributed by atoms with Crippen molar-refractivity contribution in [2.45, 2.75) is 50.7 Å². The SMILES string of the molecule is CCOc1cccc(CNC(=O)CNC23CCCC2NCC3)c1. The highest BCUT2D eigenvalue weighted by atomic mass is 16.5. The molecule has 2 aliphatic rings. The fourth-order valence-electron chi connectivity index (χ4n) is 3.87. The molecule has 1 aromatic rings. The smallest absolute Gasteiger partial charge is 0.234 e. The molecule has 5 nitrogen and oxygen atoms in total. The molecule has 1 aliphatic carbocycles. The third kappa shape index (κ3) is 3.85. The van der Waals surface area contributed by atoms with Crippen molar-refractivity contribution < 1.29 is 9.53 Å². The highest BCUT2D eigenvalue weighted by molar-refractivity contribution is 5.78. The van der Waals surface area contributed by atoms with Crippen LogP contribution < -0.4 is 20.7 Å². The van der Waals surface area contributed by atoms with E-state index < -0.39 is 0 Å². The van der Waals surface area contributed by atoms with Gasteiger partial charge in [-0.25, -0.2) is 0 Å². The minimum atomic E-state index is 0.0544. The molecule has 0 spiro atoms. The minimum Gasteiger partial charge on any atom is -0.494 e. The summed E-state index contributed by atoms with van der Waals surface area (Å²) in [6, 6.07) is 8.41. The zero-order valence-electron chi connectivity index (χ0n) is 13.9. The number of hydrogen-bond donors (Lipinski definition) is 3. The number of nitrogens with one attached hydrogen (secondary N) is 3. The lowest BCUT2D eigenvalue weighted by molar-refractivity contribution is -0.120. The Kier molecular flexibility index (Phi) is 5.18. The number of amides is 1. The second-order valence-corrected chi connectivity index (χ2v) is 6.52. The van der Waals surface area contributed by atoms with Gasteiger partial charge < -0.3 is 20.7 Å². The van der Waals surface area contributed by atoms with Crippen molar-refractivity contribution in [1.82, 2.24) is 16.0 Å². The molecule has 0 bridgehead atoms. The molecule has 1 heterocycles. The zero-order chi connectivity index (χ0) is 16.1. The second-order valence-electron chi connectivity index (χ2n) is 6.52. The zero-order valence-corrected chi connectivity index (χ0v) is 13.9. The first-order valence-electron chi connectivity index (χ1n) is 8.69. The van der Waals surface area contributed by atoms with E-state index in [4.69, 9.17) is 4.74 Å². The molecular weight excluding hydrogens is 290 g/mol. The second kappa shape index (κ2) is 7.32. The fraction of sp³-hybridized carbons (Fsp3) is 0.611. The van der Waals surface area contributed by atoms with Crippen LogP contribution in [0.4, 0.5) is 0 Å². The summed E-state index contributed by atoms with van der Waals surface area (Å²) in [4.78, 5) is 12.1. The standard InChI is InChI=1S/C18H27N3O2/c1-2-23-15-6-3-5-14(11-15)12-20-17(22)13-21-18-8-4-7-16(18)19-10-9-18/h3,5-6,11,16,19,21H,2,4,7-10,12-13H2,1H3,(H,20,22). The van der Waals surface area contributed by atoms with E-state index in [-0.39, 0.29) is 11.4 Å². The highest BCUT2D eigenvalue weighted by Gasteiger charge is 2.45. The number of rotatable bonds is 7. The molecule has 5 heteroatoms. The van der Waals surface area contributed by atoms with Gasteiger partial charge in [0.05, 0.1) is 13.2 Å². The van der Waals surface area contributed by atoms with E-state index in [2.05, 4.69) is 16.0 Å². The van der Waals surface area contributed by atoms with Gasteiger partial charge in [0.1, 0.15) is 5.75 Å². The molecule has 1 saturated carbocycles. The molecule has 2 atom stereocenters. The molecule has 126 valence electrons. The average molecular weight is 317 g/mol. The summed E-state index contributed by atoms with van der Waals surface area (Å²) in [6.45, 7) is 4.60. The van der Waals surface area contributed by atoms with Crippen molar-refractivity contribution in [2.24, 2.45) is 0 Å². The Hall–Kier alpha value is -1.59. The molecule has 1 saturated heterocycles. The van der Waals surface area contributed by atoms with E-state index in [1.165, 1.54) is 19.3 Å². The Morgan fingerprint density at radius 1 is 1.43 bits per heavy atom. The molecule has 1 aliphatic heterocycles. The molecule has 2 fully saturated rings.